The van der Waals surface area contributed by atoms with Gasteiger partial charge < -0.3 is 10.5 Å². The van der Waals surface area contributed by atoms with Crippen molar-refractivity contribution in [3.05, 3.63) is 29.6 Å². The zero-order chi connectivity index (χ0) is 16.8. The van der Waals surface area contributed by atoms with E-state index in [1.165, 1.54) is 6.07 Å². The van der Waals surface area contributed by atoms with Crippen LogP contribution >= 0.6 is 0 Å². The van der Waals surface area contributed by atoms with Crippen molar-refractivity contribution in [1.29, 1.82) is 0 Å². The van der Waals surface area contributed by atoms with Crippen LogP contribution in [0, 0.1) is 5.82 Å². The molecule has 2 rings (SSSR count). The van der Waals surface area contributed by atoms with Crippen molar-refractivity contribution in [2.75, 3.05) is 5.32 Å². The first-order chi connectivity index (χ1) is 9.90. The fourth-order valence-electron chi connectivity index (χ4n) is 2.51. The number of halogens is 3. The lowest BCUT2D eigenvalue weighted by Gasteiger charge is -2.45. The van der Waals surface area contributed by atoms with Crippen LogP contribution in [0.1, 0.15) is 39.2 Å². The third kappa shape index (κ3) is 3.71. The molecule has 1 aliphatic carbocycles. The lowest BCUT2D eigenvalue weighted by molar-refractivity contribution is -0.124. The van der Waals surface area contributed by atoms with Gasteiger partial charge in [0.15, 0.2) is 0 Å². The van der Waals surface area contributed by atoms with Crippen LogP contribution in [0.25, 0.3) is 0 Å². The highest BCUT2D eigenvalue weighted by atomic mass is 19.3. The topological polar surface area (TPSA) is 64.3 Å². The third-order valence-electron chi connectivity index (χ3n) is 3.30. The normalized spacial score (nSPS) is 19.2. The summed E-state index contributed by atoms with van der Waals surface area (Å²) in [6, 6.07) is 3.48. The van der Waals surface area contributed by atoms with Gasteiger partial charge in [0.2, 0.25) is 0 Å². The number of anilines is 1. The average molecular weight is 316 g/mol. The number of nitrogens with one attached hydrogen (secondary N) is 1. The Bertz CT molecular complexity index is 589. The smallest absolute Gasteiger partial charge is 0.412 e. The highest BCUT2D eigenvalue weighted by molar-refractivity contribution is 5.86. The highest BCUT2D eigenvalue weighted by Gasteiger charge is 2.56. The number of nitrogens with two attached hydrogens (primary N) is 1. The second-order valence-electron chi connectivity index (χ2n) is 6.68. The largest absolute Gasteiger partial charge is 0.444 e. The fourth-order valence-corrected chi connectivity index (χ4v) is 2.51. The highest BCUT2D eigenvalue weighted by Crippen LogP contribution is 2.51. The molecule has 7 heteroatoms. The number of benzene rings is 1. The van der Waals surface area contributed by atoms with E-state index in [1.807, 2.05) is 0 Å². The first-order valence-corrected chi connectivity index (χ1v) is 6.87. The Morgan fingerprint density at radius 1 is 1.32 bits per heavy atom. The second kappa shape index (κ2) is 5.15. The Balaban J connectivity index is 2.24. The Labute approximate surface area is 126 Å². The van der Waals surface area contributed by atoms with Gasteiger partial charge >= 0.3 is 6.09 Å². The molecule has 1 aliphatic rings. The Hall–Kier alpha value is -1.76. The summed E-state index contributed by atoms with van der Waals surface area (Å²) in [5.74, 6) is -3.48. The van der Waals surface area contributed by atoms with Crippen molar-refractivity contribution >= 4 is 11.8 Å². The van der Waals surface area contributed by atoms with Gasteiger partial charge in [-0.1, -0.05) is 0 Å². The molecule has 1 aromatic carbocycles. The number of ether oxygens (including phenoxy) is 1. The Morgan fingerprint density at radius 3 is 2.41 bits per heavy atom. The van der Waals surface area contributed by atoms with Crippen molar-refractivity contribution in [3.63, 3.8) is 0 Å². The number of carbonyl (C=O) groups is 1. The van der Waals surface area contributed by atoms with Crippen LogP contribution < -0.4 is 11.1 Å². The molecule has 0 aromatic heterocycles. The van der Waals surface area contributed by atoms with Crippen LogP contribution in [0.4, 0.5) is 23.7 Å². The second-order valence-corrected chi connectivity index (χ2v) is 6.68. The standard InChI is InChI=1S/C15H19F3N2O2/c1-13(2,3)22-12(21)20-11-5-4-9(16)6-10(11)14(19)7-15(17,18)8-14/h4-6H,7-8,19H2,1-3H3,(H,20,21). The number of hydrogen-bond donors (Lipinski definition) is 2. The monoisotopic (exact) mass is 316 g/mol. The van der Waals surface area contributed by atoms with E-state index < -0.39 is 41.8 Å². The maximum atomic E-state index is 13.5. The molecule has 0 saturated heterocycles. The van der Waals surface area contributed by atoms with Gasteiger partial charge in [0, 0.05) is 18.5 Å². The molecule has 0 spiro atoms. The summed E-state index contributed by atoms with van der Waals surface area (Å²) in [4.78, 5) is 11.8. The van der Waals surface area contributed by atoms with Crippen molar-refractivity contribution in [2.24, 2.45) is 5.73 Å². The molecule has 122 valence electrons. The van der Waals surface area contributed by atoms with Crippen LogP contribution in [0.5, 0.6) is 0 Å². The van der Waals surface area contributed by atoms with Gasteiger partial charge in [-0.3, -0.25) is 5.32 Å². The molecule has 3 N–H and O–H groups in total. The summed E-state index contributed by atoms with van der Waals surface area (Å²) in [5.41, 5.74) is 4.17. The summed E-state index contributed by atoms with van der Waals surface area (Å²) in [5, 5.41) is 2.44. The van der Waals surface area contributed by atoms with Gasteiger partial charge in [-0.15, -0.1) is 0 Å². The zero-order valence-corrected chi connectivity index (χ0v) is 12.7. The maximum Gasteiger partial charge on any atom is 0.412 e. The van der Waals surface area contributed by atoms with Crippen LogP contribution in [0.3, 0.4) is 0 Å². The van der Waals surface area contributed by atoms with Crippen molar-refractivity contribution in [1.82, 2.24) is 0 Å². The average Bonchev–Trinajstić information content (AvgIpc) is 2.26. The summed E-state index contributed by atoms with van der Waals surface area (Å²) >= 11 is 0. The number of alkyl halides is 2. The number of hydrogen-bond acceptors (Lipinski definition) is 3. The van der Waals surface area contributed by atoms with Crippen molar-refractivity contribution in [3.8, 4) is 0 Å². The molecule has 22 heavy (non-hydrogen) atoms. The van der Waals surface area contributed by atoms with E-state index in [9.17, 15) is 18.0 Å². The summed E-state index contributed by atoms with van der Waals surface area (Å²) in [6.07, 6.45) is -1.94. The molecular weight excluding hydrogens is 297 g/mol. The van der Waals surface area contributed by atoms with E-state index in [4.69, 9.17) is 10.5 Å². The molecule has 0 radical (unpaired) electrons. The first kappa shape index (κ1) is 16.6. The van der Waals surface area contributed by atoms with Gasteiger partial charge in [-0.05, 0) is 44.5 Å². The minimum absolute atomic E-state index is 0.143. The number of carbonyl (C=O) groups excluding carboxylic acids is 1. The molecule has 1 fully saturated rings. The number of amides is 1. The molecule has 0 bridgehead atoms. The van der Waals surface area contributed by atoms with Gasteiger partial charge in [0.05, 0.1) is 5.54 Å². The predicted octanol–water partition coefficient (Wildman–Crippen LogP) is 3.76. The van der Waals surface area contributed by atoms with E-state index in [0.717, 1.165) is 12.1 Å². The fraction of sp³-hybridized carbons (Fsp3) is 0.533. The summed E-state index contributed by atoms with van der Waals surface area (Å²) < 4.78 is 44.9. The van der Waals surface area contributed by atoms with Gasteiger partial charge in [0.1, 0.15) is 11.4 Å². The molecule has 0 heterocycles. The number of rotatable bonds is 2. The summed E-state index contributed by atoms with van der Waals surface area (Å²) in [7, 11) is 0. The Kier molecular flexibility index (Phi) is 3.89. The van der Waals surface area contributed by atoms with Crippen LogP contribution in [0.15, 0.2) is 18.2 Å². The van der Waals surface area contributed by atoms with Crippen LogP contribution in [0.2, 0.25) is 0 Å². The minimum Gasteiger partial charge on any atom is -0.444 e. The third-order valence-corrected chi connectivity index (χ3v) is 3.30. The van der Waals surface area contributed by atoms with Gasteiger partial charge in [-0.2, -0.15) is 0 Å². The minimum atomic E-state index is -2.87. The molecular formula is C15H19F3N2O2. The predicted molar refractivity (Wildman–Crippen MR) is 76.3 cm³/mol. The molecule has 1 saturated carbocycles. The van der Waals surface area contributed by atoms with Crippen molar-refractivity contribution in [2.45, 2.75) is 50.7 Å². The van der Waals surface area contributed by atoms with Crippen molar-refractivity contribution < 1.29 is 22.7 Å². The molecule has 4 nitrogen and oxygen atoms in total. The van der Waals surface area contributed by atoms with Gasteiger partial charge in [-0.25, -0.2) is 18.0 Å². The van der Waals surface area contributed by atoms with Gasteiger partial charge in [0.25, 0.3) is 5.92 Å². The van der Waals surface area contributed by atoms with E-state index in [2.05, 4.69) is 5.32 Å². The summed E-state index contributed by atoms with van der Waals surface area (Å²) in [6.45, 7) is 5.07. The Morgan fingerprint density at radius 2 is 1.91 bits per heavy atom. The molecule has 1 aromatic rings. The first-order valence-electron chi connectivity index (χ1n) is 6.87. The van der Waals surface area contributed by atoms with E-state index in [0.29, 0.717) is 0 Å². The lowest BCUT2D eigenvalue weighted by Crippen LogP contribution is -2.55. The molecule has 1 amide bonds. The zero-order valence-electron chi connectivity index (χ0n) is 12.7. The van der Waals surface area contributed by atoms with Crippen LogP contribution in [-0.4, -0.2) is 17.6 Å². The molecule has 0 unspecified atom stereocenters. The quantitative estimate of drug-likeness (QED) is 0.873. The van der Waals surface area contributed by atoms with E-state index in [1.54, 1.807) is 20.8 Å². The molecule has 0 atom stereocenters. The van der Waals surface area contributed by atoms with E-state index >= 15 is 0 Å². The maximum absolute atomic E-state index is 13.5. The van der Waals surface area contributed by atoms with E-state index in [-0.39, 0.29) is 11.3 Å². The molecule has 0 aliphatic heterocycles. The van der Waals surface area contributed by atoms with Crippen LogP contribution in [-0.2, 0) is 10.3 Å². The SMILES string of the molecule is CC(C)(C)OC(=O)Nc1ccc(F)cc1C1(N)CC(F)(F)C1. The lowest BCUT2D eigenvalue weighted by atomic mass is 9.69.